The Hall–Kier alpha value is -1.87. The van der Waals surface area contributed by atoms with Crippen molar-refractivity contribution in [2.75, 3.05) is 51.2 Å². The molecule has 1 aliphatic rings. The zero-order valence-electron chi connectivity index (χ0n) is 19.3. The number of aliphatic imine (C=N–C) groups is 1. The van der Waals surface area contributed by atoms with Gasteiger partial charge in [0, 0.05) is 45.5 Å². The number of benzene rings is 1. The number of aryl methyl sites for hydroxylation is 1. The number of guanidine groups is 1. The summed E-state index contributed by atoms with van der Waals surface area (Å²) in [4.78, 5) is 14.1. The minimum absolute atomic E-state index is 0. The molecule has 2 aromatic rings. The molecule has 1 aromatic carbocycles. The largest absolute Gasteiger partial charge is 0.357 e. The van der Waals surface area contributed by atoms with Crippen LogP contribution in [0.5, 0.6) is 0 Å². The Labute approximate surface area is 204 Å². The van der Waals surface area contributed by atoms with Crippen molar-refractivity contribution in [3.05, 3.63) is 59.3 Å². The van der Waals surface area contributed by atoms with Crippen LogP contribution in [0.15, 0.2) is 47.6 Å². The summed E-state index contributed by atoms with van der Waals surface area (Å²) < 4.78 is 0. The quantitative estimate of drug-likeness (QED) is 0.322. The first-order chi connectivity index (χ1) is 14.5. The molecule has 0 amide bonds. The number of nitrogens with one attached hydrogen (secondary N) is 2. The second kappa shape index (κ2) is 12.9. The van der Waals surface area contributed by atoms with Crippen molar-refractivity contribution in [3.63, 3.8) is 0 Å². The van der Waals surface area contributed by atoms with Crippen LogP contribution in [0.25, 0.3) is 0 Å². The summed E-state index contributed by atoms with van der Waals surface area (Å²) in [6.45, 7) is 13.0. The number of nitrogens with zero attached hydrogens (tertiary/aromatic N) is 4. The van der Waals surface area contributed by atoms with Crippen LogP contribution in [-0.4, -0.2) is 62.2 Å². The fourth-order valence-corrected chi connectivity index (χ4v) is 3.51. The Bertz CT molecular complexity index is 798. The molecule has 0 radical (unpaired) electrons. The molecular formula is C24H37IN6. The Morgan fingerprint density at radius 1 is 1.06 bits per heavy atom. The van der Waals surface area contributed by atoms with Gasteiger partial charge >= 0.3 is 0 Å². The Morgan fingerprint density at radius 3 is 2.39 bits per heavy atom. The summed E-state index contributed by atoms with van der Waals surface area (Å²) in [6.07, 6.45) is 1.95. The molecule has 2 N–H and O–H groups in total. The second-order valence-corrected chi connectivity index (χ2v) is 8.20. The first kappa shape index (κ1) is 25.4. The lowest BCUT2D eigenvalue weighted by molar-refractivity contribution is 0.312. The SMILES string of the molecule is CCNC(=NCc1ccc(N2CCN(C)CC2)nc1)NCC(C)c1ccc(C)cc1.I. The monoisotopic (exact) mass is 536 g/mol. The number of aromatic nitrogens is 1. The Balaban J connectivity index is 0.00000341. The van der Waals surface area contributed by atoms with E-state index in [2.05, 4.69) is 89.6 Å². The highest BCUT2D eigenvalue weighted by Crippen LogP contribution is 2.15. The minimum atomic E-state index is 0. The lowest BCUT2D eigenvalue weighted by atomic mass is 10.0. The average Bonchev–Trinajstić information content (AvgIpc) is 2.77. The third-order valence-corrected chi connectivity index (χ3v) is 5.62. The number of hydrogen-bond acceptors (Lipinski definition) is 4. The molecule has 0 spiro atoms. The molecule has 170 valence electrons. The zero-order chi connectivity index (χ0) is 21.3. The summed E-state index contributed by atoms with van der Waals surface area (Å²) in [5.41, 5.74) is 3.75. The lowest BCUT2D eigenvalue weighted by Crippen LogP contribution is -2.44. The summed E-state index contributed by atoms with van der Waals surface area (Å²) in [5, 5.41) is 6.82. The Kier molecular flexibility index (Phi) is 10.5. The maximum atomic E-state index is 4.75. The van der Waals surface area contributed by atoms with Gasteiger partial charge < -0.3 is 20.4 Å². The highest BCUT2D eigenvalue weighted by Gasteiger charge is 2.15. The maximum absolute atomic E-state index is 4.75. The van der Waals surface area contributed by atoms with E-state index in [9.17, 15) is 0 Å². The molecule has 6 nitrogen and oxygen atoms in total. The molecule has 1 aliphatic heterocycles. The van der Waals surface area contributed by atoms with Crippen molar-refractivity contribution in [1.29, 1.82) is 0 Å². The molecule has 7 heteroatoms. The molecule has 1 atom stereocenters. The summed E-state index contributed by atoms with van der Waals surface area (Å²) in [5.74, 6) is 2.33. The van der Waals surface area contributed by atoms with Crippen LogP contribution >= 0.6 is 24.0 Å². The minimum Gasteiger partial charge on any atom is -0.357 e. The summed E-state index contributed by atoms with van der Waals surface area (Å²) in [6, 6.07) is 13.0. The average molecular weight is 537 g/mol. The highest BCUT2D eigenvalue weighted by atomic mass is 127. The van der Waals surface area contributed by atoms with Gasteiger partial charge in [0.2, 0.25) is 0 Å². The number of piperazine rings is 1. The molecule has 2 heterocycles. The van der Waals surface area contributed by atoms with Gasteiger partial charge in [0.15, 0.2) is 5.96 Å². The van der Waals surface area contributed by atoms with Gasteiger partial charge in [-0.2, -0.15) is 0 Å². The van der Waals surface area contributed by atoms with Crippen LogP contribution in [0.1, 0.15) is 36.5 Å². The number of likely N-dealkylation sites (N-methyl/N-ethyl adjacent to an activating group) is 1. The van der Waals surface area contributed by atoms with Gasteiger partial charge in [-0.3, -0.25) is 0 Å². The van der Waals surface area contributed by atoms with E-state index < -0.39 is 0 Å². The first-order valence-corrected chi connectivity index (χ1v) is 11.0. The summed E-state index contributed by atoms with van der Waals surface area (Å²) in [7, 11) is 2.17. The van der Waals surface area contributed by atoms with E-state index in [1.807, 2.05) is 6.20 Å². The van der Waals surface area contributed by atoms with Crippen molar-refractivity contribution in [1.82, 2.24) is 20.5 Å². The van der Waals surface area contributed by atoms with Gasteiger partial charge in [-0.25, -0.2) is 9.98 Å². The Morgan fingerprint density at radius 2 is 1.77 bits per heavy atom. The van der Waals surface area contributed by atoms with Gasteiger partial charge in [0.05, 0.1) is 6.54 Å². The smallest absolute Gasteiger partial charge is 0.191 e. The molecule has 1 fully saturated rings. The third-order valence-electron chi connectivity index (χ3n) is 5.62. The fourth-order valence-electron chi connectivity index (χ4n) is 3.51. The molecule has 0 saturated carbocycles. The van der Waals surface area contributed by atoms with Gasteiger partial charge in [0.25, 0.3) is 0 Å². The van der Waals surface area contributed by atoms with Crippen molar-refractivity contribution < 1.29 is 0 Å². The molecule has 1 aromatic heterocycles. The van der Waals surface area contributed by atoms with E-state index in [4.69, 9.17) is 4.99 Å². The predicted molar refractivity (Wildman–Crippen MR) is 142 cm³/mol. The van der Waals surface area contributed by atoms with Crippen LogP contribution in [0.4, 0.5) is 5.82 Å². The molecule has 3 rings (SSSR count). The van der Waals surface area contributed by atoms with Gasteiger partial charge in [0.1, 0.15) is 5.82 Å². The number of halogens is 1. The van der Waals surface area contributed by atoms with E-state index in [1.54, 1.807) is 0 Å². The number of hydrogen-bond donors (Lipinski definition) is 2. The van der Waals surface area contributed by atoms with Gasteiger partial charge in [-0.15, -0.1) is 24.0 Å². The molecule has 0 bridgehead atoms. The zero-order valence-corrected chi connectivity index (χ0v) is 21.6. The van der Waals surface area contributed by atoms with Crippen molar-refractivity contribution >= 4 is 35.8 Å². The third kappa shape index (κ3) is 7.96. The van der Waals surface area contributed by atoms with E-state index >= 15 is 0 Å². The number of rotatable bonds is 7. The van der Waals surface area contributed by atoms with Crippen LogP contribution in [0.2, 0.25) is 0 Å². The lowest BCUT2D eigenvalue weighted by Gasteiger charge is -2.33. The normalized spacial score (nSPS) is 15.9. The summed E-state index contributed by atoms with van der Waals surface area (Å²) >= 11 is 0. The molecule has 31 heavy (non-hydrogen) atoms. The van der Waals surface area contributed by atoms with Crippen LogP contribution < -0.4 is 15.5 Å². The molecule has 0 aliphatic carbocycles. The fraction of sp³-hybridized carbons (Fsp3) is 0.500. The number of anilines is 1. The molecular weight excluding hydrogens is 499 g/mol. The van der Waals surface area contributed by atoms with E-state index in [-0.39, 0.29) is 24.0 Å². The van der Waals surface area contributed by atoms with Crippen LogP contribution in [-0.2, 0) is 6.54 Å². The van der Waals surface area contributed by atoms with Crippen LogP contribution in [0, 0.1) is 6.92 Å². The molecule has 1 unspecified atom stereocenters. The van der Waals surface area contributed by atoms with E-state index in [0.29, 0.717) is 12.5 Å². The first-order valence-electron chi connectivity index (χ1n) is 11.0. The topological polar surface area (TPSA) is 55.8 Å². The standard InChI is InChI=1S/C24H36N6.HI/c1-5-25-24(27-16-20(3)22-9-6-19(2)7-10-22)28-18-21-8-11-23(26-17-21)30-14-12-29(4)13-15-30;/h6-11,17,20H,5,12-16,18H2,1-4H3,(H2,25,27,28);1H. The van der Waals surface area contributed by atoms with Crippen molar-refractivity contribution in [2.45, 2.75) is 33.2 Å². The van der Waals surface area contributed by atoms with E-state index in [1.165, 1.54) is 11.1 Å². The van der Waals surface area contributed by atoms with E-state index in [0.717, 1.165) is 56.6 Å². The van der Waals surface area contributed by atoms with Crippen molar-refractivity contribution in [2.24, 2.45) is 4.99 Å². The van der Waals surface area contributed by atoms with Gasteiger partial charge in [-0.05, 0) is 44.0 Å². The highest BCUT2D eigenvalue weighted by molar-refractivity contribution is 14.0. The van der Waals surface area contributed by atoms with Crippen molar-refractivity contribution in [3.8, 4) is 0 Å². The molecule has 1 saturated heterocycles. The maximum Gasteiger partial charge on any atom is 0.191 e. The predicted octanol–water partition coefficient (Wildman–Crippen LogP) is 3.62. The second-order valence-electron chi connectivity index (χ2n) is 8.20. The van der Waals surface area contributed by atoms with Gasteiger partial charge in [-0.1, -0.05) is 42.8 Å². The number of pyridine rings is 1. The van der Waals surface area contributed by atoms with Crippen LogP contribution in [0.3, 0.4) is 0 Å².